The van der Waals surface area contributed by atoms with Crippen molar-refractivity contribution in [1.29, 1.82) is 0 Å². The van der Waals surface area contributed by atoms with Gasteiger partial charge in [-0.15, -0.1) is 0 Å². The second kappa shape index (κ2) is 5.63. The quantitative estimate of drug-likeness (QED) is 0.875. The van der Waals surface area contributed by atoms with Gasteiger partial charge < -0.3 is 11.1 Å². The first-order chi connectivity index (χ1) is 9.81. The maximum absolute atomic E-state index is 6.15. The molecule has 3 N–H and O–H groups in total. The smallest absolute Gasteiger partial charge is 0.0428 e. The Morgan fingerprint density at radius 2 is 2.20 bits per heavy atom. The van der Waals surface area contributed by atoms with Crippen LogP contribution in [0.4, 0.5) is 5.69 Å². The van der Waals surface area contributed by atoms with Crippen LogP contribution in [0.2, 0.25) is 0 Å². The van der Waals surface area contributed by atoms with Gasteiger partial charge in [-0.1, -0.05) is 31.2 Å². The molecule has 3 rings (SSSR count). The highest BCUT2D eigenvalue weighted by atomic mass is 14.9. The van der Waals surface area contributed by atoms with Crippen LogP contribution in [0.5, 0.6) is 0 Å². The molecule has 0 bridgehead atoms. The number of nitrogens with one attached hydrogen (secondary N) is 1. The first-order valence-corrected chi connectivity index (χ1v) is 7.31. The second-order valence-corrected chi connectivity index (χ2v) is 5.45. The molecule has 1 heterocycles. The fourth-order valence-electron chi connectivity index (χ4n) is 3.04. The third kappa shape index (κ3) is 2.29. The van der Waals surface area contributed by atoms with Crippen molar-refractivity contribution in [2.75, 3.05) is 12.3 Å². The number of nitrogen functional groups attached to an aromatic ring is 1. The Labute approximate surface area is 120 Å². The summed E-state index contributed by atoms with van der Waals surface area (Å²) in [5, 5.41) is 3.65. The number of pyridine rings is 1. The number of rotatable bonds is 5. The molecule has 0 amide bonds. The molecular weight excluding hydrogens is 246 g/mol. The molecule has 1 aromatic heterocycles. The van der Waals surface area contributed by atoms with Gasteiger partial charge in [-0.3, -0.25) is 4.98 Å². The fraction of sp³-hybridized carbons (Fsp3) is 0.353. The van der Waals surface area contributed by atoms with E-state index in [4.69, 9.17) is 5.73 Å². The number of anilines is 1. The Morgan fingerprint density at radius 3 is 2.95 bits per heavy atom. The van der Waals surface area contributed by atoms with E-state index in [1.54, 1.807) is 6.20 Å². The molecule has 1 aromatic carbocycles. The minimum Gasteiger partial charge on any atom is -0.398 e. The van der Waals surface area contributed by atoms with Crippen LogP contribution in [-0.2, 0) is 6.42 Å². The van der Waals surface area contributed by atoms with Gasteiger partial charge in [0.05, 0.1) is 0 Å². The summed E-state index contributed by atoms with van der Waals surface area (Å²) < 4.78 is 0. The van der Waals surface area contributed by atoms with E-state index >= 15 is 0 Å². The number of benzene rings is 1. The van der Waals surface area contributed by atoms with Gasteiger partial charge in [-0.25, -0.2) is 0 Å². The molecule has 0 radical (unpaired) electrons. The molecule has 0 saturated heterocycles. The summed E-state index contributed by atoms with van der Waals surface area (Å²) in [6.45, 7) is 3.18. The molecule has 0 spiro atoms. The molecule has 104 valence electrons. The van der Waals surface area contributed by atoms with E-state index < -0.39 is 0 Å². The Morgan fingerprint density at radius 1 is 1.35 bits per heavy atom. The van der Waals surface area contributed by atoms with Crippen LogP contribution in [-0.4, -0.2) is 11.5 Å². The molecule has 3 heteroatoms. The van der Waals surface area contributed by atoms with E-state index in [-0.39, 0.29) is 6.04 Å². The highest BCUT2D eigenvalue weighted by molar-refractivity contribution is 5.50. The van der Waals surface area contributed by atoms with Gasteiger partial charge in [0.15, 0.2) is 0 Å². The highest BCUT2D eigenvalue weighted by Gasteiger charge is 2.34. The predicted molar refractivity (Wildman–Crippen MR) is 82.6 cm³/mol. The third-order valence-electron chi connectivity index (χ3n) is 4.13. The molecule has 0 aliphatic heterocycles. The van der Waals surface area contributed by atoms with Crippen LogP contribution >= 0.6 is 0 Å². The molecule has 3 nitrogen and oxygen atoms in total. The zero-order chi connectivity index (χ0) is 13.9. The van der Waals surface area contributed by atoms with Crippen molar-refractivity contribution in [3.05, 3.63) is 59.4 Å². The van der Waals surface area contributed by atoms with Crippen LogP contribution < -0.4 is 11.1 Å². The van der Waals surface area contributed by atoms with Gasteiger partial charge in [0, 0.05) is 35.6 Å². The highest BCUT2D eigenvalue weighted by Crippen LogP contribution is 2.44. The average molecular weight is 267 g/mol. The summed E-state index contributed by atoms with van der Waals surface area (Å²) >= 11 is 0. The van der Waals surface area contributed by atoms with Crippen LogP contribution in [0, 0.1) is 0 Å². The number of nitrogens with zero attached hydrogens (tertiary/aromatic N) is 1. The van der Waals surface area contributed by atoms with Gasteiger partial charge in [0.25, 0.3) is 0 Å². The Bertz CT molecular complexity index is 594. The molecule has 0 fully saturated rings. The van der Waals surface area contributed by atoms with Crippen molar-refractivity contribution in [3.63, 3.8) is 0 Å². The molecular formula is C17H21N3. The summed E-state index contributed by atoms with van der Waals surface area (Å²) in [6.07, 6.45) is 5.89. The van der Waals surface area contributed by atoms with Crippen molar-refractivity contribution in [3.8, 4) is 0 Å². The van der Waals surface area contributed by atoms with Gasteiger partial charge >= 0.3 is 0 Å². The number of fused-ring (bicyclic) bond motifs is 1. The zero-order valence-corrected chi connectivity index (χ0v) is 11.8. The molecule has 0 saturated carbocycles. The Kier molecular flexibility index (Phi) is 3.70. The third-order valence-corrected chi connectivity index (χ3v) is 4.13. The molecule has 2 unspecified atom stereocenters. The van der Waals surface area contributed by atoms with Crippen LogP contribution in [0.25, 0.3) is 0 Å². The molecule has 2 aromatic rings. The SMILES string of the molecule is CCCNC(c1cnccc1N)C1Cc2ccccc21. The van der Waals surface area contributed by atoms with Crippen LogP contribution in [0.3, 0.4) is 0 Å². The van der Waals surface area contributed by atoms with E-state index in [0.29, 0.717) is 5.92 Å². The van der Waals surface area contributed by atoms with Gasteiger partial charge in [0.2, 0.25) is 0 Å². The lowest BCUT2D eigenvalue weighted by atomic mass is 9.71. The zero-order valence-electron chi connectivity index (χ0n) is 11.8. The van der Waals surface area contributed by atoms with E-state index in [0.717, 1.165) is 30.6 Å². The van der Waals surface area contributed by atoms with Crippen molar-refractivity contribution < 1.29 is 0 Å². The maximum Gasteiger partial charge on any atom is 0.0428 e. The van der Waals surface area contributed by atoms with E-state index in [1.807, 2.05) is 12.3 Å². The molecule has 1 aliphatic carbocycles. The van der Waals surface area contributed by atoms with Crippen molar-refractivity contribution in [2.24, 2.45) is 0 Å². The second-order valence-electron chi connectivity index (χ2n) is 5.45. The number of hydrogen-bond donors (Lipinski definition) is 2. The van der Waals surface area contributed by atoms with Gasteiger partial charge in [0.1, 0.15) is 0 Å². The fourth-order valence-corrected chi connectivity index (χ4v) is 3.04. The molecule has 2 atom stereocenters. The standard InChI is InChI=1S/C17H21N3/c1-2-8-20-17(15-11-19-9-7-16(15)18)14-10-12-5-3-4-6-13(12)14/h3-7,9,11,14,17,20H,2,8,10H2,1H3,(H2,18,19). The minimum atomic E-state index is 0.263. The first kappa shape index (κ1) is 13.1. The normalized spacial score (nSPS) is 18.1. The monoisotopic (exact) mass is 267 g/mol. The maximum atomic E-state index is 6.15. The van der Waals surface area contributed by atoms with Crippen molar-refractivity contribution in [1.82, 2.24) is 10.3 Å². The van der Waals surface area contributed by atoms with E-state index in [1.165, 1.54) is 11.1 Å². The number of aromatic nitrogens is 1. The average Bonchev–Trinajstić information content (AvgIpc) is 2.45. The Balaban J connectivity index is 1.91. The van der Waals surface area contributed by atoms with Gasteiger partial charge in [-0.2, -0.15) is 0 Å². The Hall–Kier alpha value is -1.87. The van der Waals surface area contributed by atoms with Crippen LogP contribution in [0.15, 0.2) is 42.7 Å². The van der Waals surface area contributed by atoms with Crippen molar-refractivity contribution in [2.45, 2.75) is 31.7 Å². The predicted octanol–water partition coefficient (Wildman–Crippen LogP) is 3.04. The first-order valence-electron chi connectivity index (χ1n) is 7.31. The number of hydrogen-bond acceptors (Lipinski definition) is 3. The van der Waals surface area contributed by atoms with E-state index in [2.05, 4.69) is 41.5 Å². The number of nitrogens with two attached hydrogens (primary N) is 1. The summed E-state index contributed by atoms with van der Waals surface area (Å²) in [5.41, 5.74) is 11.0. The van der Waals surface area contributed by atoms with E-state index in [9.17, 15) is 0 Å². The van der Waals surface area contributed by atoms with Crippen LogP contribution in [0.1, 0.15) is 42.0 Å². The minimum absolute atomic E-state index is 0.263. The van der Waals surface area contributed by atoms with Crippen molar-refractivity contribution >= 4 is 5.69 Å². The summed E-state index contributed by atoms with van der Waals surface area (Å²) in [4.78, 5) is 4.25. The summed E-state index contributed by atoms with van der Waals surface area (Å²) in [5.74, 6) is 0.504. The summed E-state index contributed by atoms with van der Waals surface area (Å²) in [7, 11) is 0. The van der Waals surface area contributed by atoms with Gasteiger partial charge in [-0.05, 0) is 36.6 Å². The lowest BCUT2D eigenvalue weighted by Gasteiger charge is -2.37. The lowest BCUT2D eigenvalue weighted by Crippen LogP contribution is -2.34. The largest absolute Gasteiger partial charge is 0.398 e. The topological polar surface area (TPSA) is 50.9 Å². The molecule has 20 heavy (non-hydrogen) atoms. The summed E-state index contributed by atoms with van der Waals surface area (Å²) in [6, 6.07) is 10.8. The molecule has 1 aliphatic rings. The lowest BCUT2D eigenvalue weighted by molar-refractivity contribution is 0.412.